The van der Waals surface area contributed by atoms with Crippen molar-refractivity contribution >= 4 is 11.9 Å². The van der Waals surface area contributed by atoms with E-state index < -0.39 is 11.9 Å². The molecule has 0 bridgehead atoms. The van der Waals surface area contributed by atoms with E-state index in [1.807, 2.05) is 26.0 Å². The molecular formula is C19H24O4. The van der Waals surface area contributed by atoms with Crippen LogP contribution in [0.4, 0.5) is 0 Å². The average Bonchev–Trinajstić information content (AvgIpc) is 2.98. The van der Waals surface area contributed by atoms with Crippen molar-refractivity contribution in [2.24, 2.45) is 0 Å². The van der Waals surface area contributed by atoms with Gasteiger partial charge in [-0.1, -0.05) is 31.2 Å². The van der Waals surface area contributed by atoms with E-state index in [9.17, 15) is 9.59 Å². The van der Waals surface area contributed by atoms with Crippen molar-refractivity contribution in [1.29, 1.82) is 0 Å². The van der Waals surface area contributed by atoms with Crippen molar-refractivity contribution < 1.29 is 19.1 Å². The summed E-state index contributed by atoms with van der Waals surface area (Å²) in [6.45, 7) is 7.66. The second-order valence-corrected chi connectivity index (χ2v) is 6.20. The summed E-state index contributed by atoms with van der Waals surface area (Å²) in [7, 11) is 0. The Morgan fingerprint density at radius 2 is 1.78 bits per heavy atom. The Kier molecular flexibility index (Phi) is 5.59. The van der Waals surface area contributed by atoms with Gasteiger partial charge in [-0.05, 0) is 51.2 Å². The van der Waals surface area contributed by atoms with Crippen molar-refractivity contribution in [3.8, 4) is 5.75 Å². The number of benzene rings is 1. The first-order chi connectivity index (χ1) is 10.9. The zero-order valence-corrected chi connectivity index (χ0v) is 13.9. The van der Waals surface area contributed by atoms with E-state index in [-0.39, 0.29) is 17.6 Å². The molecule has 4 heteroatoms. The minimum Gasteiger partial charge on any atom is -0.456 e. The molecule has 0 heterocycles. The molecule has 0 spiro atoms. The van der Waals surface area contributed by atoms with Crippen molar-refractivity contribution in [2.45, 2.75) is 58.0 Å². The predicted molar refractivity (Wildman–Crippen MR) is 88.2 cm³/mol. The van der Waals surface area contributed by atoms with Gasteiger partial charge in [0, 0.05) is 5.57 Å². The Bertz CT molecular complexity index is 580. The number of ether oxygens (including phenoxy) is 2. The molecule has 0 amide bonds. The molecule has 1 saturated carbocycles. The third kappa shape index (κ3) is 4.68. The van der Waals surface area contributed by atoms with Gasteiger partial charge in [0.15, 0.2) is 0 Å². The molecule has 4 nitrogen and oxygen atoms in total. The Labute approximate surface area is 137 Å². The average molecular weight is 316 g/mol. The van der Waals surface area contributed by atoms with Gasteiger partial charge in [0.2, 0.25) is 0 Å². The van der Waals surface area contributed by atoms with Crippen LogP contribution in [0.5, 0.6) is 5.75 Å². The number of aryl methyl sites for hydroxylation is 1. The lowest BCUT2D eigenvalue weighted by molar-refractivity contribution is -0.155. The molecule has 1 aromatic carbocycles. The first-order valence-corrected chi connectivity index (χ1v) is 8.12. The van der Waals surface area contributed by atoms with Gasteiger partial charge in [-0.25, -0.2) is 4.79 Å². The fraction of sp³-hybridized carbons (Fsp3) is 0.474. The maximum absolute atomic E-state index is 12.2. The molecule has 0 atom stereocenters. The summed E-state index contributed by atoms with van der Waals surface area (Å²) in [5.74, 6) is -0.537. The van der Waals surface area contributed by atoms with Crippen LogP contribution in [0.3, 0.4) is 0 Å². The largest absolute Gasteiger partial charge is 0.456 e. The number of rotatable bonds is 6. The summed E-state index contributed by atoms with van der Waals surface area (Å²) < 4.78 is 10.8. The van der Waals surface area contributed by atoms with E-state index >= 15 is 0 Å². The summed E-state index contributed by atoms with van der Waals surface area (Å²) in [5, 5.41) is 0. The highest BCUT2D eigenvalue weighted by molar-refractivity contribution is 5.93. The highest BCUT2D eigenvalue weighted by Gasteiger charge is 2.36. The van der Waals surface area contributed by atoms with Crippen molar-refractivity contribution in [3.05, 3.63) is 42.0 Å². The van der Waals surface area contributed by atoms with Crippen LogP contribution in [0.2, 0.25) is 0 Å². The number of esters is 2. The number of hydrogen-bond donors (Lipinski definition) is 0. The number of hydrogen-bond acceptors (Lipinski definition) is 4. The SMILES string of the molecule is C=C(CC(=O)Oc1ccc(C)cc1)C(=O)OC1(CC)CCCC1. The van der Waals surface area contributed by atoms with Crippen molar-refractivity contribution in [1.82, 2.24) is 0 Å². The molecule has 0 aliphatic heterocycles. The van der Waals surface area contributed by atoms with E-state index in [1.165, 1.54) is 0 Å². The van der Waals surface area contributed by atoms with Gasteiger partial charge in [0.05, 0.1) is 6.42 Å². The molecule has 0 aromatic heterocycles. The lowest BCUT2D eigenvalue weighted by Gasteiger charge is -2.27. The first-order valence-electron chi connectivity index (χ1n) is 8.12. The van der Waals surface area contributed by atoms with Crippen LogP contribution in [0.1, 0.15) is 51.0 Å². The van der Waals surface area contributed by atoms with Gasteiger partial charge in [-0.15, -0.1) is 0 Å². The molecular weight excluding hydrogens is 292 g/mol. The second kappa shape index (κ2) is 7.44. The Morgan fingerprint density at radius 3 is 2.35 bits per heavy atom. The normalized spacial score (nSPS) is 15.9. The minimum absolute atomic E-state index is 0.141. The molecule has 0 radical (unpaired) electrons. The third-order valence-corrected chi connectivity index (χ3v) is 4.37. The van der Waals surface area contributed by atoms with Gasteiger partial charge in [-0.3, -0.25) is 4.79 Å². The molecule has 0 unspecified atom stereocenters. The maximum Gasteiger partial charge on any atom is 0.334 e. The molecule has 1 fully saturated rings. The van der Waals surface area contributed by atoms with E-state index in [0.717, 1.165) is 37.7 Å². The summed E-state index contributed by atoms with van der Waals surface area (Å²) in [4.78, 5) is 24.1. The smallest absolute Gasteiger partial charge is 0.334 e. The second-order valence-electron chi connectivity index (χ2n) is 6.20. The van der Waals surface area contributed by atoms with Gasteiger partial charge in [0.1, 0.15) is 11.4 Å². The van der Waals surface area contributed by atoms with Gasteiger partial charge in [-0.2, -0.15) is 0 Å². The lowest BCUT2D eigenvalue weighted by atomic mass is 9.98. The molecule has 2 rings (SSSR count). The molecule has 1 aliphatic carbocycles. The zero-order valence-electron chi connectivity index (χ0n) is 13.9. The molecule has 1 aliphatic rings. The summed E-state index contributed by atoms with van der Waals surface area (Å²) in [6.07, 6.45) is 4.55. The van der Waals surface area contributed by atoms with Crippen molar-refractivity contribution in [3.63, 3.8) is 0 Å². The minimum atomic E-state index is -0.507. The Hall–Kier alpha value is -2.10. The highest BCUT2D eigenvalue weighted by atomic mass is 16.6. The van der Waals surface area contributed by atoms with E-state index in [1.54, 1.807) is 12.1 Å². The van der Waals surface area contributed by atoms with Crippen LogP contribution in [-0.2, 0) is 14.3 Å². The van der Waals surface area contributed by atoms with Gasteiger partial charge >= 0.3 is 11.9 Å². The van der Waals surface area contributed by atoms with Crippen LogP contribution in [0.15, 0.2) is 36.4 Å². The van der Waals surface area contributed by atoms with E-state index in [2.05, 4.69) is 6.58 Å². The quantitative estimate of drug-likeness (QED) is 0.450. The van der Waals surface area contributed by atoms with Crippen molar-refractivity contribution in [2.75, 3.05) is 0 Å². The topological polar surface area (TPSA) is 52.6 Å². The number of carbonyl (C=O) groups is 2. The first kappa shape index (κ1) is 17.3. The molecule has 0 N–H and O–H groups in total. The number of carbonyl (C=O) groups excluding carboxylic acids is 2. The van der Waals surface area contributed by atoms with Crippen LogP contribution in [0.25, 0.3) is 0 Å². The molecule has 23 heavy (non-hydrogen) atoms. The highest BCUT2D eigenvalue weighted by Crippen LogP contribution is 2.36. The Morgan fingerprint density at radius 1 is 1.17 bits per heavy atom. The van der Waals surface area contributed by atoms with E-state index in [0.29, 0.717) is 5.75 Å². The zero-order chi connectivity index (χ0) is 16.9. The monoisotopic (exact) mass is 316 g/mol. The fourth-order valence-electron chi connectivity index (χ4n) is 2.84. The standard InChI is InChI=1S/C19H24O4/c1-4-19(11-5-6-12-19)23-18(21)15(3)13-17(20)22-16-9-7-14(2)8-10-16/h7-10H,3-6,11-13H2,1-2H3. The fourth-order valence-corrected chi connectivity index (χ4v) is 2.84. The van der Waals surface area contributed by atoms with Gasteiger partial charge in [0.25, 0.3) is 0 Å². The van der Waals surface area contributed by atoms with Crippen LogP contribution in [-0.4, -0.2) is 17.5 Å². The Balaban J connectivity index is 1.86. The summed E-state index contributed by atoms with van der Waals surface area (Å²) >= 11 is 0. The van der Waals surface area contributed by atoms with Crippen LogP contribution < -0.4 is 4.74 Å². The molecule has 0 saturated heterocycles. The molecule has 1 aromatic rings. The van der Waals surface area contributed by atoms with Crippen LogP contribution >= 0.6 is 0 Å². The molecule has 124 valence electrons. The third-order valence-electron chi connectivity index (χ3n) is 4.37. The van der Waals surface area contributed by atoms with E-state index in [4.69, 9.17) is 9.47 Å². The lowest BCUT2D eigenvalue weighted by Crippen LogP contribution is -2.32. The predicted octanol–water partition coefficient (Wildman–Crippen LogP) is 4.11. The van der Waals surface area contributed by atoms with Crippen LogP contribution in [0, 0.1) is 6.92 Å². The summed E-state index contributed by atoms with van der Waals surface area (Å²) in [6, 6.07) is 7.16. The van der Waals surface area contributed by atoms with Gasteiger partial charge < -0.3 is 9.47 Å². The summed E-state index contributed by atoms with van der Waals surface area (Å²) in [5.41, 5.74) is 0.849. The maximum atomic E-state index is 12.2.